The van der Waals surface area contributed by atoms with Crippen LogP contribution in [0, 0.1) is 11.2 Å². The Balaban J connectivity index is 1.36. The van der Waals surface area contributed by atoms with Crippen molar-refractivity contribution >= 4 is 23.1 Å². The zero-order valence-corrected chi connectivity index (χ0v) is 21.0. The summed E-state index contributed by atoms with van der Waals surface area (Å²) in [5, 5.41) is 9.64. The van der Waals surface area contributed by atoms with Gasteiger partial charge in [-0.15, -0.1) is 11.3 Å². The average molecular weight is 496 g/mol. The molecular formula is C26H30FN5O2S. The Morgan fingerprint density at radius 1 is 1.29 bits per heavy atom. The van der Waals surface area contributed by atoms with Gasteiger partial charge in [-0.3, -0.25) is 14.2 Å². The average Bonchev–Trinajstić information content (AvgIpc) is 3.52. The zero-order chi connectivity index (χ0) is 24.7. The molecule has 35 heavy (non-hydrogen) atoms. The summed E-state index contributed by atoms with van der Waals surface area (Å²) in [6, 6.07) is 7.57. The standard InChI is InChI=1S/C26H30FN5O2S/c1-26(2,3)22(15-4-6-17(27)7-5-15)31-23-25(34)32-18(12-29-23)8-9-20(32)24(33)30-13-19-10-16-11-28-14-21(16)35-19/h4-7,10,12,20,22,28H,8-9,11,13-14H2,1-3H3,(H,29,31)(H,30,33). The molecule has 0 spiro atoms. The second-order valence-electron chi connectivity index (χ2n) is 10.3. The van der Waals surface area contributed by atoms with Crippen LogP contribution in [-0.2, 0) is 30.8 Å². The lowest BCUT2D eigenvalue weighted by molar-refractivity contribution is -0.124. The summed E-state index contributed by atoms with van der Waals surface area (Å²) in [5.41, 5.74) is 2.34. The van der Waals surface area contributed by atoms with Gasteiger partial charge in [-0.05, 0) is 47.6 Å². The molecule has 2 aliphatic rings. The summed E-state index contributed by atoms with van der Waals surface area (Å²) in [6.45, 7) is 8.37. The number of aryl methyl sites for hydroxylation is 1. The van der Waals surface area contributed by atoms with Gasteiger partial charge in [0.05, 0.1) is 12.6 Å². The molecule has 1 aromatic carbocycles. The van der Waals surface area contributed by atoms with Crippen molar-refractivity contribution < 1.29 is 9.18 Å². The molecule has 5 rings (SSSR count). The number of anilines is 1. The lowest BCUT2D eigenvalue weighted by Crippen LogP contribution is -2.37. The van der Waals surface area contributed by atoms with Crippen LogP contribution in [0.2, 0.25) is 0 Å². The number of fused-ring (bicyclic) bond motifs is 2. The molecule has 7 nitrogen and oxygen atoms in total. The number of thiophene rings is 1. The van der Waals surface area contributed by atoms with Crippen LogP contribution in [-0.4, -0.2) is 15.5 Å². The van der Waals surface area contributed by atoms with E-state index in [1.165, 1.54) is 22.6 Å². The van der Waals surface area contributed by atoms with Gasteiger partial charge in [0.25, 0.3) is 5.56 Å². The van der Waals surface area contributed by atoms with Crippen molar-refractivity contribution in [1.29, 1.82) is 0 Å². The number of carbonyl (C=O) groups excluding carboxylic acids is 1. The molecule has 1 amide bonds. The number of hydrogen-bond donors (Lipinski definition) is 3. The highest BCUT2D eigenvalue weighted by Gasteiger charge is 2.33. The highest BCUT2D eigenvalue weighted by atomic mass is 32.1. The van der Waals surface area contributed by atoms with Crippen molar-refractivity contribution in [2.24, 2.45) is 5.41 Å². The van der Waals surface area contributed by atoms with Crippen molar-refractivity contribution in [2.75, 3.05) is 5.32 Å². The quantitative estimate of drug-likeness (QED) is 0.480. The Morgan fingerprint density at radius 2 is 2.06 bits per heavy atom. The van der Waals surface area contributed by atoms with Crippen LogP contribution in [0.4, 0.5) is 10.2 Å². The first-order valence-corrected chi connectivity index (χ1v) is 12.7. The van der Waals surface area contributed by atoms with E-state index in [0.717, 1.165) is 29.2 Å². The molecule has 0 bridgehead atoms. The Labute approximate surface area is 207 Å². The lowest BCUT2D eigenvalue weighted by Gasteiger charge is -2.32. The summed E-state index contributed by atoms with van der Waals surface area (Å²) in [6.07, 6.45) is 2.87. The predicted octanol–water partition coefficient (Wildman–Crippen LogP) is 4.05. The zero-order valence-electron chi connectivity index (χ0n) is 20.2. The van der Waals surface area contributed by atoms with Gasteiger partial charge in [0, 0.05) is 34.7 Å². The van der Waals surface area contributed by atoms with E-state index in [4.69, 9.17) is 0 Å². The number of nitrogens with one attached hydrogen (secondary N) is 3. The van der Waals surface area contributed by atoms with E-state index in [-0.39, 0.29) is 34.6 Å². The highest BCUT2D eigenvalue weighted by Crippen LogP contribution is 2.35. The summed E-state index contributed by atoms with van der Waals surface area (Å²) >= 11 is 1.72. The molecule has 4 heterocycles. The number of benzene rings is 1. The second kappa shape index (κ2) is 9.20. The van der Waals surface area contributed by atoms with Crippen molar-refractivity contribution in [3.05, 3.63) is 79.3 Å². The van der Waals surface area contributed by atoms with Gasteiger partial charge in [-0.25, -0.2) is 9.37 Å². The van der Waals surface area contributed by atoms with Gasteiger partial charge >= 0.3 is 0 Å². The van der Waals surface area contributed by atoms with Crippen molar-refractivity contribution in [1.82, 2.24) is 20.2 Å². The molecule has 9 heteroatoms. The van der Waals surface area contributed by atoms with E-state index < -0.39 is 6.04 Å². The molecule has 0 radical (unpaired) electrons. The van der Waals surface area contributed by atoms with Crippen LogP contribution in [0.25, 0.3) is 0 Å². The lowest BCUT2D eigenvalue weighted by atomic mass is 9.82. The largest absolute Gasteiger partial charge is 0.358 e. The molecule has 0 aliphatic carbocycles. The van der Waals surface area contributed by atoms with Crippen LogP contribution in [0.3, 0.4) is 0 Å². The first-order valence-electron chi connectivity index (χ1n) is 11.9. The van der Waals surface area contributed by atoms with Crippen LogP contribution in [0.15, 0.2) is 41.3 Å². The third-order valence-electron chi connectivity index (χ3n) is 6.70. The molecule has 2 unspecified atom stereocenters. The summed E-state index contributed by atoms with van der Waals surface area (Å²) < 4.78 is 15.1. The topological polar surface area (TPSA) is 88.0 Å². The van der Waals surface area contributed by atoms with E-state index in [1.807, 2.05) is 20.8 Å². The van der Waals surface area contributed by atoms with Gasteiger partial charge in [0.1, 0.15) is 11.9 Å². The van der Waals surface area contributed by atoms with Crippen LogP contribution >= 0.6 is 11.3 Å². The van der Waals surface area contributed by atoms with E-state index >= 15 is 0 Å². The summed E-state index contributed by atoms with van der Waals surface area (Å²) in [4.78, 5) is 33.4. The number of rotatable bonds is 6. The molecule has 2 atom stereocenters. The Hall–Kier alpha value is -3.04. The maximum atomic E-state index is 13.5. The first kappa shape index (κ1) is 23.7. The van der Waals surface area contributed by atoms with Gasteiger partial charge < -0.3 is 16.0 Å². The minimum atomic E-state index is -0.562. The van der Waals surface area contributed by atoms with Crippen LogP contribution in [0.5, 0.6) is 0 Å². The smallest absolute Gasteiger partial charge is 0.294 e. The molecular weight excluding hydrogens is 465 g/mol. The summed E-state index contributed by atoms with van der Waals surface area (Å²) in [7, 11) is 0. The molecule has 0 saturated heterocycles. The number of nitrogens with zero attached hydrogens (tertiary/aromatic N) is 2. The van der Waals surface area contributed by atoms with Gasteiger partial charge in [0.2, 0.25) is 5.91 Å². The third-order valence-corrected chi connectivity index (χ3v) is 7.87. The van der Waals surface area contributed by atoms with Crippen LogP contribution < -0.4 is 21.5 Å². The molecule has 0 saturated carbocycles. The molecule has 2 aliphatic heterocycles. The fourth-order valence-electron chi connectivity index (χ4n) is 4.90. The van der Waals surface area contributed by atoms with Crippen molar-refractivity contribution in [2.45, 2.75) is 65.3 Å². The first-order chi connectivity index (χ1) is 16.7. The van der Waals surface area contributed by atoms with Gasteiger partial charge in [0.15, 0.2) is 5.82 Å². The Bertz CT molecular complexity index is 1290. The monoisotopic (exact) mass is 495 g/mol. The molecule has 3 aromatic rings. The minimum Gasteiger partial charge on any atom is -0.358 e. The van der Waals surface area contributed by atoms with Crippen LogP contribution in [0.1, 0.15) is 65.9 Å². The number of halogens is 1. The van der Waals surface area contributed by atoms with E-state index in [2.05, 4.69) is 27.0 Å². The molecule has 184 valence electrons. The molecule has 3 N–H and O–H groups in total. The Morgan fingerprint density at radius 3 is 2.77 bits per heavy atom. The maximum absolute atomic E-state index is 13.5. The van der Waals surface area contributed by atoms with Crippen molar-refractivity contribution in [3.63, 3.8) is 0 Å². The number of aromatic nitrogens is 2. The summed E-state index contributed by atoms with van der Waals surface area (Å²) in [5.74, 6) is -0.268. The third kappa shape index (κ3) is 4.75. The molecule has 2 aromatic heterocycles. The van der Waals surface area contributed by atoms with E-state index in [9.17, 15) is 14.0 Å². The van der Waals surface area contributed by atoms with Crippen molar-refractivity contribution in [3.8, 4) is 0 Å². The fourth-order valence-corrected chi connectivity index (χ4v) is 6.00. The Kier molecular flexibility index (Phi) is 6.23. The molecule has 0 fully saturated rings. The normalized spacial score (nSPS) is 17.7. The van der Waals surface area contributed by atoms with Gasteiger partial charge in [-0.2, -0.15) is 0 Å². The number of amides is 1. The fraction of sp³-hybridized carbons (Fsp3) is 0.423. The second-order valence-corrected chi connectivity index (χ2v) is 11.5. The number of carbonyl (C=O) groups is 1. The number of hydrogen-bond acceptors (Lipinski definition) is 6. The van der Waals surface area contributed by atoms with Gasteiger partial charge in [-0.1, -0.05) is 32.9 Å². The minimum absolute atomic E-state index is 0.152. The maximum Gasteiger partial charge on any atom is 0.294 e. The van der Waals surface area contributed by atoms with E-state index in [0.29, 0.717) is 19.4 Å². The SMILES string of the molecule is CC(C)(C)C(Nc1ncc2n(c1=O)C(C(=O)NCc1cc3c(s1)CNC3)CC2)c1ccc(F)cc1. The van der Waals surface area contributed by atoms with E-state index in [1.54, 1.807) is 34.2 Å². The highest BCUT2D eigenvalue weighted by molar-refractivity contribution is 7.12. The predicted molar refractivity (Wildman–Crippen MR) is 135 cm³/mol.